The summed E-state index contributed by atoms with van der Waals surface area (Å²) < 4.78 is 12.5. The maximum absolute atomic E-state index is 5.48. The maximum Gasteiger partial charge on any atom is 0.157 e. The fraction of sp³-hybridized carbons (Fsp3) is 0.304. The zero-order valence-electron chi connectivity index (χ0n) is 18.4. The molecule has 0 saturated carbocycles. The first-order valence-electron chi connectivity index (χ1n) is 10.2. The van der Waals surface area contributed by atoms with Crippen LogP contribution in [0.2, 0.25) is 0 Å². The maximum atomic E-state index is 5.48. The van der Waals surface area contributed by atoms with Crippen molar-refractivity contribution in [2.75, 3.05) is 32.7 Å². The van der Waals surface area contributed by atoms with Crippen LogP contribution in [0.1, 0.15) is 18.4 Å². The van der Waals surface area contributed by atoms with E-state index in [9.17, 15) is 0 Å². The molecule has 0 aliphatic heterocycles. The number of aromatic nitrogens is 5. The van der Waals surface area contributed by atoms with Crippen LogP contribution in [0, 0.1) is 0 Å². The van der Waals surface area contributed by atoms with Crippen molar-refractivity contribution in [3.63, 3.8) is 0 Å². The second kappa shape index (κ2) is 10.9. The fourth-order valence-corrected chi connectivity index (χ4v) is 3.51. The largest absolute Gasteiger partial charge is 0.496 e. The van der Waals surface area contributed by atoms with Gasteiger partial charge in [0, 0.05) is 42.8 Å². The van der Waals surface area contributed by atoms with Crippen molar-refractivity contribution >= 4 is 30.3 Å². The third-order valence-electron chi connectivity index (χ3n) is 5.21. The van der Waals surface area contributed by atoms with Gasteiger partial charge in [-0.15, -0.1) is 0 Å². The van der Waals surface area contributed by atoms with Gasteiger partial charge in [0.25, 0.3) is 0 Å². The molecule has 1 aromatic carbocycles. The second-order valence-electron chi connectivity index (χ2n) is 7.31. The number of hydrogen-bond acceptors (Lipinski definition) is 7. The van der Waals surface area contributed by atoms with Gasteiger partial charge in [0.15, 0.2) is 5.65 Å². The summed E-state index contributed by atoms with van der Waals surface area (Å²) in [4.78, 5) is 13.4. The van der Waals surface area contributed by atoms with Crippen molar-refractivity contribution in [2.45, 2.75) is 19.4 Å². The van der Waals surface area contributed by atoms with Crippen LogP contribution in [0.4, 0.5) is 5.82 Å². The van der Waals surface area contributed by atoms with Crippen LogP contribution in [-0.2, 0) is 11.3 Å². The molecule has 0 radical (unpaired) electrons. The Morgan fingerprint density at radius 3 is 2.72 bits per heavy atom. The van der Waals surface area contributed by atoms with Gasteiger partial charge in [-0.05, 0) is 17.7 Å². The van der Waals surface area contributed by atoms with Crippen LogP contribution in [0.3, 0.4) is 0 Å². The number of fused-ring (bicyclic) bond motifs is 1. The Bertz CT molecular complexity index is 1170. The standard InChI is InChI=1S/C23H26N6O2.H2S/c1-16(19-6-4-5-7-21(19)31-3)12-24-22-11-20(26-15-27-22)17-10-18-14-28-29(8-9-30-2)23(18)25-13-17;/h4-7,10-11,13-16H,8-9,12H2,1-3H3,(H,24,26,27);1H2/t16-;/m1./s1. The number of pyridine rings is 1. The van der Waals surface area contributed by atoms with Crippen LogP contribution in [-0.4, -0.2) is 52.1 Å². The monoisotopic (exact) mass is 452 g/mol. The summed E-state index contributed by atoms with van der Waals surface area (Å²) in [6, 6.07) is 12.1. The van der Waals surface area contributed by atoms with E-state index in [1.54, 1.807) is 20.5 Å². The van der Waals surface area contributed by atoms with Gasteiger partial charge in [-0.3, -0.25) is 0 Å². The minimum absolute atomic E-state index is 0. The van der Waals surface area contributed by atoms with Gasteiger partial charge in [0.2, 0.25) is 0 Å². The molecule has 0 bridgehead atoms. The zero-order chi connectivity index (χ0) is 21.6. The van der Waals surface area contributed by atoms with E-state index in [0.29, 0.717) is 13.2 Å². The number of nitrogens with one attached hydrogen (secondary N) is 1. The van der Waals surface area contributed by atoms with Crippen LogP contribution in [0.5, 0.6) is 5.75 Å². The molecule has 0 spiro atoms. The summed E-state index contributed by atoms with van der Waals surface area (Å²) in [5, 5.41) is 8.77. The molecule has 4 rings (SSSR count). The van der Waals surface area contributed by atoms with Crippen LogP contribution in [0.15, 0.2) is 55.1 Å². The molecule has 1 atom stereocenters. The average molecular weight is 453 g/mol. The Labute approximate surface area is 194 Å². The van der Waals surface area contributed by atoms with E-state index in [-0.39, 0.29) is 19.4 Å². The molecule has 0 amide bonds. The van der Waals surface area contributed by atoms with Crippen molar-refractivity contribution in [1.82, 2.24) is 24.7 Å². The Morgan fingerprint density at radius 2 is 1.91 bits per heavy atom. The van der Waals surface area contributed by atoms with E-state index < -0.39 is 0 Å². The normalized spacial score (nSPS) is 11.7. The van der Waals surface area contributed by atoms with Crippen molar-refractivity contribution in [1.29, 1.82) is 0 Å². The smallest absolute Gasteiger partial charge is 0.157 e. The minimum atomic E-state index is 0. The SMILES string of the molecule is COCCn1ncc2cc(-c3cc(NC[C@@H](C)c4ccccc4OC)ncn3)cnc21.S. The lowest BCUT2D eigenvalue weighted by molar-refractivity contribution is 0.184. The van der Waals surface area contributed by atoms with Gasteiger partial charge in [-0.1, -0.05) is 25.1 Å². The highest BCUT2D eigenvalue weighted by Crippen LogP contribution is 2.27. The van der Waals surface area contributed by atoms with E-state index >= 15 is 0 Å². The molecule has 0 saturated heterocycles. The van der Waals surface area contributed by atoms with E-state index in [1.165, 1.54) is 0 Å². The topological polar surface area (TPSA) is 87.0 Å². The molecule has 3 heterocycles. The first-order valence-corrected chi connectivity index (χ1v) is 10.2. The predicted molar refractivity (Wildman–Crippen MR) is 131 cm³/mol. The molecule has 0 unspecified atom stereocenters. The molecule has 8 nitrogen and oxygen atoms in total. The van der Waals surface area contributed by atoms with Gasteiger partial charge in [-0.2, -0.15) is 18.6 Å². The summed E-state index contributed by atoms with van der Waals surface area (Å²) in [5.41, 5.74) is 3.72. The van der Waals surface area contributed by atoms with E-state index in [2.05, 4.69) is 38.4 Å². The minimum Gasteiger partial charge on any atom is -0.496 e. The van der Waals surface area contributed by atoms with E-state index in [4.69, 9.17) is 9.47 Å². The Balaban J connectivity index is 0.00000289. The third-order valence-corrected chi connectivity index (χ3v) is 5.21. The number of rotatable bonds is 9. The molecule has 1 N–H and O–H groups in total. The molecule has 9 heteroatoms. The van der Waals surface area contributed by atoms with Gasteiger partial charge in [0.1, 0.15) is 17.9 Å². The number of benzene rings is 1. The van der Waals surface area contributed by atoms with E-state index in [0.717, 1.165) is 46.0 Å². The number of anilines is 1. The Hall–Kier alpha value is -3.17. The van der Waals surface area contributed by atoms with Gasteiger partial charge < -0.3 is 14.8 Å². The van der Waals surface area contributed by atoms with Crippen molar-refractivity contribution in [3.8, 4) is 17.0 Å². The number of methoxy groups -OCH3 is 2. The van der Waals surface area contributed by atoms with Gasteiger partial charge in [-0.25, -0.2) is 19.6 Å². The number of nitrogens with zero attached hydrogens (tertiary/aromatic N) is 5. The predicted octanol–water partition coefficient (Wildman–Crippen LogP) is 3.87. The van der Waals surface area contributed by atoms with Crippen LogP contribution >= 0.6 is 13.5 Å². The zero-order valence-corrected chi connectivity index (χ0v) is 19.4. The number of ether oxygens (including phenoxy) is 2. The van der Waals surface area contributed by atoms with Crippen molar-refractivity contribution < 1.29 is 9.47 Å². The summed E-state index contributed by atoms with van der Waals surface area (Å²) in [7, 11) is 3.37. The summed E-state index contributed by atoms with van der Waals surface area (Å²) in [5.74, 6) is 1.92. The third kappa shape index (κ3) is 5.17. The summed E-state index contributed by atoms with van der Waals surface area (Å²) in [6.45, 7) is 4.14. The molecule has 4 aromatic rings. The Morgan fingerprint density at radius 1 is 1.06 bits per heavy atom. The average Bonchev–Trinajstić information content (AvgIpc) is 3.23. The second-order valence-corrected chi connectivity index (χ2v) is 7.31. The molecule has 3 aromatic heterocycles. The Kier molecular flexibility index (Phi) is 8.02. The molecule has 0 aliphatic rings. The lowest BCUT2D eigenvalue weighted by Crippen LogP contribution is -2.12. The number of hydrogen-bond donors (Lipinski definition) is 1. The highest BCUT2D eigenvalue weighted by molar-refractivity contribution is 7.59. The first kappa shape index (κ1) is 23.5. The van der Waals surface area contributed by atoms with Gasteiger partial charge >= 0.3 is 0 Å². The fourth-order valence-electron chi connectivity index (χ4n) is 3.51. The molecule has 0 fully saturated rings. The molecule has 32 heavy (non-hydrogen) atoms. The first-order chi connectivity index (χ1) is 15.2. The summed E-state index contributed by atoms with van der Waals surface area (Å²) in [6.07, 6.45) is 5.20. The lowest BCUT2D eigenvalue weighted by Gasteiger charge is -2.16. The molecular formula is C23H28N6O2S. The van der Waals surface area contributed by atoms with Gasteiger partial charge in [0.05, 0.1) is 32.2 Å². The number of para-hydroxylation sites is 1. The molecule has 168 valence electrons. The lowest BCUT2D eigenvalue weighted by atomic mass is 10.00. The van der Waals surface area contributed by atoms with E-state index in [1.807, 2.05) is 47.4 Å². The van der Waals surface area contributed by atoms with Crippen molar-refractivity contribution in [2.24, 2.45) is 0 Å². The van der Waals surface area contributed by atoms with Crippen molar-refractivity contribution in [3.05, 3.63) is 60.7 Å². The highest BCUT2D eigenvalue weighted by Gasteiger charge is 2.12. The van der Waals surface area contributed by atoms with Crippen LogP contribution < -0.4 is 10.1 Å². The van der Waals surface area contributed by atoms with Crippen LogP contribution in [0.25, 0.3) is 22.3 Å². The highest BCUT2D eigenvalue weighted by atomic mass is 32.1. The molecular weight excluding hydrogens is 424 g/mol. The molecule has 0 aliphatic carbocycles. The quantitative estimate of drug-likeness (QED) is 0.412. The summed E-state index contributed by atoms with van der Waals surface area (Å²) >= 11 is 0.